The van der Waals surface area contributed by atoms with Gasteiger partial charge in [-0.15, -0.1) is 24.8 Å². The summed E-state index contributed by atoms with van der Waals surface area (Å²) in [5, 5.41) is 29.3. The monoisotopic (exact) mass is 434 g/mol. The molecule has 2 aliphatic heterocycles. The molecule has 2 heterocycles. The fraction of sp³-hybridized carbons (Fsp3) is 0.944. The molecule has 1 amide bonds. The van der Waals surface area contributed by atoms with Crippen molar-refractivity contribution in [2.24, 2.45) is 0 Å². The molecule has 2 saturated heterocycles. The van der Waals surface area contributed by atoms with Crippen molar-refractivity contribution in [2.45, 2.75) is 77.1 Å². The minimum absolute atomic E-state index is 0. The third-order valence-electron chi connectivity index (χ3n) is 3.90. The molecule has 0 aromatic rings. The number of aliphatic hydroxyl groups is 3. The number of amides is 1. The third-order valence-corrected chi connectivity index (χ3v) is 3.90. The van der Waals surface area contributed by atoms with Crippen LogP contribution in [0.1, 0.15) is 60.3 Å². The molecule has 0 bridgehead atoms. The first kappa shape index (κ1) is 31.4. The normalized spacial score (nSPS) is 27.4. The highest BCUT2D eigenvalue weighted by Crippen LogP contribution is 2.22. The maximum Gasteiger partial charge on any atom is 0.410 e. The van der Waals surface area contributed by atoms with Crippen LogP contribution in [0, 0.1) is 0 Å². The minimum atomic E-state index is -0.769. The molecule has 4 N–H and O–H groups in total. The molecule has 7 nitrogen and oxygen atoms in total. The molecular weight excluding hydrogens is 395 g/mol. The van der Waals surface area contributed by atoms with Crippen LogP contribution < -0.4 is 5.32 Å². The molecule has 2 aliphatic rings. The Morgan fingerprint density at radius 1 is 1.04 bits per heavy atom. The van der Waals surface area contributed by atoms with Crippen molar-refractivity contribution in [3.8, 4) is 0 Å². The van der Waals surface area contributed by atoms with Gasteiger partial charge in [-0.05, 0) is 66.8 Å². The molecule has 9 heteroatoms. The Hall–Kier alpha value is -0.310. The summed E-state index contributed by atoms with van der Waals surface area (Å²) in [5.41, 5.74) is -1.67. The number of nitrogens with zero attached hydrogens (tertiary/aromatic N) is 1. The molecule has 0 aromatic heterocycles. The SMILES string of the molecule is CC1(O)CCCN(C(=O)OC(C)(C)C)C1.CC1(O)CCCNC1.CO.Cl.Cl. The Kier molecular flexibility index (Phi) is 16.0. The number of ether oxygens (including phenoxy) is 1. The van der Waals surface area contributed by atoms with Gasteiger partial charge in [0.2, 0.25) is 0 Å². The summed E-state index contributed by atoms with van der Waals surface area (Å²) in [6, 6.07) is 0. The molecule has 0 aromatic carbocycles. The third kappa shape index (κ3) is 15.3. The lowest BCUT2D eigenvalue weighted by Gasteiger charge is -2.37. The summed E-state index contributed by atoms with van der Waals surface area (Å²) in [6.07, 6.45) is 3.29. The average Bonchev–Trinajstić information content (AvgIpc) is 2.47. The van der Waals surface area contributed by atoms with E-state index in [9.17, 15) is 15.0 Å². The maximum atomic E-state index is 11.7. The zero-order valence-corrected chi connectivity index (χ0v) is 19.2. The molecule has 0 radical (unpaired) electrons. The Morgan fingerprint density at radius 2 is 1.56 bits per heavy atom. The van der Waals surface area contributed by atoms with Gasteiger partial charge in [0.25, 0.3) is 0 Å². The number of rotatable bonds is 0. The molecule has 0 saturated carbocycles. The van der Waals surface area contributed by atoms with Gasteiger partial charge in [-0.25, -0.2) is 4.79 Å². The predicted octanol–water partition coefficient (Wildman–Crippen LogP) is 2.34. The first-order valence-electron chi connectivity index (χ1n) is 8.98. The van der Waals surface area contributed by atoms with E-state index >= 15 is 0 Å². The van der Waals surface area contributed by atoms with Crippen molar-refractivity contribution in [2.75, 3.05) is 33.3 Å². The predicted molar refractivity (Wildman–Crippen MR) is 113 cm³/mol. The second-order valence-electron chi connectivity index (χ2n) is 8.28. The highest BCUT2D eigenvalue weighted by Gasteiger charge is 2.33. The van der Waals surface area contributed by atoms with Crippen LogP contribution in [0.2, 0.25) is 0 Å². The van der Waals surface area contributed by atoms with Crippen LogP contribution in [0.15, 0.2) is 0 Å². The molecule has 2 atom stereocenters. The van der Waals surface area contributed by atoms with E-state index in [1.807, 2.05) is 27.7 Å². The number of halogens is 2. The average molecular weight is 435 g/mol. The second kappa shape index (κ2) is 13.8. The number of hydrogen-bond acceptors (Lipinski definition) is 6. The Balaban J connectivity index is -0.000000411. The highest BCUT2D eigenvalue weighted by atomic mass is 35.5. The van der Waals surface area contributed by atoms with Gasteiger partial charge < -0.3 is 30.3 Å². The molecular formula is C18H40Cl2N2O5. The second-order valence-corrected chi connectivity index (χ2v) is 8.28. The van der Waals surface area contributed by atoms with Crippen molar-refractivity contribution in [1.29, 1.82) is 0 Å². The van der Waals surface area contributed by atoms with Crippen LogP contribution >= 0.6 is 24.8 Å². The Bertz CT molecular complexity index is 394. The number of β-amino-alcohol motifs (C(OH)–C–C–N with tert-alkyl or cyclic N) is 2. The summed E-state index contributed by atoms with van der Waals surface area (Å²) in [7, 11) is 1.00. The van der Waals surface area contributed by atoms with E-state index in [0.29, 0.717) is 13.1 Å². The van der Waals surface area contributed by atoms with E-state index < -0.39 is 16.8 Å². The molecule has 166 valence electrons. The number of aliphatic hydroxyl groups excluding tert-OH is 1. The van der Waals surface area contributed by atoms with Crippen LogP contribution in [0.3, 0.4) is 0 Å². The topological polar surface area (TPSA) is 102 Å². The summed E-state index contributed by atoms with van der Waals surface area (Å²) < 4.78 is 5.25. The van der Waals surface area contributed by atoms with E-state index in [4.69, 9.17) is 9.84 Å². The van der Waals surface area contributed by atoms with Crippen LogP contribution in [-0.4, -0.2) is 76.4 Å². The highest BCUT2D eigenvalue weighted by molar-refractivity contribution is 5.85. The quantitative estimate of drug-likeness (QED) is 0.466. The lowest BCUT2D eigenvalue weighted by Crippen LogP contribution is -2.49. The van der Waals surface area contributed by atoms with Crippen LogP contribution in [-0.2, 0) is 4.74 Å². The van der Waals surface area contributed by atoms with E-state index in [-0.39, 0.29) is 30.9 Å². The first-order chi connectivity index (χ1) is 11.4. The van der Waals surface area contributed by atoms with Gasteiger partial charge in [-0.3, -0.25) is 0 Å². The number of likely N-dealkylation sites (tertiary alicyclic amines) is 1. The summed E-state index contributed by atoms with van der Waals surface area (Å²) >= 11 is 0. The van der Waals surface area contributed by atoms with E-state index in [0.717, 1.165) is 45.9 Å². The van der Waals surface area contributed by atoms with Crippen molar-refractivity contribution >= 4 is 30.9 Å². The van der Waals surface area contributed by atoms with Gasteiger partial charge in [0, 0.05) is 20.2 Å². The van der Waals surface area contributed by atoms with E-state index in [1.165, 1.54) is 0 Å². The summed E-state index contributed by atoms with van der Waals surface area (Å²) in [4.78, 5) is 13.3. The van der Waals surface area contributed by atoms with Crippen LogP contribution in [0.25, 0.3) is 0 Å². The van der Waals surface area contributed by atoms with Gasteiger partial charge in [0.05, 0.1) is 17.7 Å². The molecule has 0 spiro atoms. The summed E-state index contributed by atoms with van der Waals surface area (Å²) in [5.74, 6) is 0. The van der Waals surface area contributed by atoms with Gasteiger partial charge in [-0.1, -0.05) is 0 Å². The number of piperidine rings is 2. The Morgan fingerprint density at radius 3 is 1.89 bits per heavy atom. The van der Waals surface area contributed by atoms with Crippen molar-refractivity contribution < 1.29 is 24.9 Å². The largest absolute Gasteiger partial charge is 0.444 e. The van der Waals surface area contributed by atoms with Gasteiger partial charge in [0.1, 0.15) is 5.60 Å². The lowest BCUT2D eigenvalue weighted by atomic mass is 9.95. The molecule has 0 aliphatic carbocycles. The number of nitrogens with one attached hydrogen (secondary N) is 1. The smallest absolute Gasteiger partial charge is 0.410 e. The zero-order chi connectivity index (χ0) is 19.7. The Labute approximate surface area is 176 Å². The number of carbonyl (C=O) groups excluding carboxylic acids is 1. The van der Waals surface area contributed by atoms with Gasteiger partial charge in [-0.2, -0.15) is 0 Å². The summed E-state index contributed by atoms with van der Waals surface area (Å²) in [6.45, 7) is 12.0. The number of carbonyl (C=O) groups is 1. The first-order valence-corrected chi connectivity index (χ1v) is 8.98. The van der Waals surface area contributed by atoms with Gasteiger partial charge >= 0.3 is 6.09 Å². The van der Waals surface area contributed by atoms with Crippen molar-refractivity contribution in [1.82, 2.24) is 10.2 Å². The fourth-order valence-corrected chi connectivity index (χ4v) is 2.74. The van der Waals surface area contributed by atoms with Crippen molar-refractivity contribution in [3.63, 3.8) is 0 Å². The minimum Gasteiger partial charge on any atom is -0.444 e. The standard InChI is InChI=1S/C11H21NO3.C6H13NO.CH4O.2ClH/c1-10(2,3)15-9(13)12-7-5-6-11(4,14)8-12;1-6(8)3-2-4-7-5-6;1-2;;/h14H,5-8H2,1-4H3;7-8H,2-5H2,1H3;2H,1H3;2*1H. The molecule has 2 fully saturated rings. The van der Waals surface area contributed by atoms with Crippen LogP contribution in [0.5, 0.6) is 0 Å². The fourth-order valence-electron chi connectivity index (χ4n) is 2.74. The van der Waals surface area contributed by atoms with Crippen LogP contribution in [0.4, 0.5) is 4.79 Å². The van der Waals surface area contributed by atoms with E-state index in [1.54, 1.807) is 11.8 Å². The van der Waals surface area contributed by atoms with E-state index in [2.05, 4.69) is 5.32 Å². The lowest BCUT2D eigenvalue weighted by molar-refractivity contribution is -0.0327. The van der Waals surface area contributed by atoms with Gasteiger partial charge in [0.15, 0.2) is 0 Å². The molecule has 2 unspecified atom stereocenters. The molecule has 27 heavy (non-hydrogen) atoms. The number of hydrogen-bond donors (Lipinski definition) is 4. The maximum absolute atomic E-state index is 11.7. The van der Waals surface area contributed by atoms with Crippen molar-refractivity contribution in [3.05, 3.63) is 0 Å². The zero-order valence-electron chi connectivity index (χ0n) is 17.6. The molecule has 2 rings (SSSR count).